The van der Waals surface area contributed by atoms with Crippen molar-refractivity contribution in [1.82, 2.24) is 0 Å². The normalized spacial score (nSPS) is 16.3. The predicted octanol–water partition coefficient (Wildman–Crippen LogP) is 2.10. The molecule has 0 radical (unpaired) electrons. The van der Waals surface area contributed by atoms with Crippen molar-refractivity contribution < 1.29 is 24.6 Å². The SMILES string of the molecule is NC(Cc1ccccc1)C1CC(Cc2ccccc2)=NO1.O=C(O)C(=O)O. The molecule has 0 aromatic heterocycles. The number of hydrogen-bond donors (Lipinski definition) is 3. The van der Waals surface area contributed by atoms with E-state index in [1.807, 2.05) is 36.4 Å². The van der Waals surface area contributed by atoms with E-state index in [1.165, 1.54) is 11.1 Å². The quantitative estimate of drug-likeness (QED) is 0.693. The number of nitrogens with zero attached hydrogens (tertiary/aromatic N) is 1. The number of carbonyl (C=O) groups is 2. The van der Waals surface area contributed by atoms with E-state index in [1.54, 1.807) is 0 Å². The standard InChI is InChI=1S/C18H20N2O.C2H2O4/c19-17(12-15-9-5-2-6-10-15)18-13-16(20-21-18)11-14-7-3-1-4-8-14;3-1(4)2(5)6/h1-10,17-18H,11-13,19H2;(H,3,4)(H,5,6). The minimum absolute atomic E-state index is 0.0103. The zero-order valence-electron chi connectivity index (χ0n) is 14.7. The summed E-state index contributed by atoms with van der Waals surface area (Å²) < 4.78 is 0. The van der Waals surface area contributed by atoms with Crippen LogP contribution < -0.4 is 5.73 Å². The molecule has 0 aliphatic carbocycles. The van der Waals surface area contributed by atoms with E-state index in [-0.39, 0.29) is 12.1 Å². The van der Waals surface area contributed by atoms with Crippen molar-refractivity contribution in [2.24, 2.45) is 10.9 Å². The third-order valence-electron chi connectivity index (χ3n) is 3.98. The molecule has 4 N–H and O–H groups in total. The Morgan fingerprint density at radius 1 is 1.00 bits per heavy atom. The zero-order chi connectivity index (χ0) is 19.6. The molecule has 3 rings (SSSR count). The second-order valence-electron chi connectivity index (χ2n) is 6.13. The zero-order valence-corrected chi connectivity index (χ0v) is 14.7. The van der Waals surface area contributed by atoms with Gasteiger partial charge in [-0.3, -0.25) is 0 Å². The van der Waals surface area contributed by atoms with E-state index in [2.05, 4.69) is 29.4 Å². The van der Waals surface area contributed by atoms with Gasteiger partial charge in [0, 0.05) is 18.9 Å². The van der Waals surface area contributed by atoms with Crippen molar-refractivity contribution in [3.63, 3.8) is 0 Å². The number of hydrogen-bond acceptors (Lipinski definition) is 5. The average Bonchev–Trinajstić information content (AvgIpc) is 3.12. The van der Waals surface area contributed by atoms with Gasteiger partial charge in [-0.15, -0.1) is 0 Å². The summed E-state index contributed by atoms with van der Waals surface area (Å²) in [7, 11) is 0. The third kappa shape index (κ3) is 6.91. The second kappa shape index (κ2) is 10.1. The summed E-state index contributed by atoms with van der Waals surface area (Å²) in [4.78, 5) is 23.7. The maximum absolute atomic E-state index is 9.10. The smallest absolute Gasteiger partial charge is 0.414 e. The van der Waals surface area contributed by atoms with Crippen molar-refractivity contribution in [2.75, 3.05) is 0 Å². The fourth-order valence-electron chi connectivity index (χ4n) is 2.63. The van der Waals surface area contributed by atoms with Crippen molar-refractivity contribution in [3.8, 4) is 0 Å². The van der Waals surface area contributed by atoms with Crippen LogP contribution in [0.25, 0.3) is 0 Å². The van der Waals surface area contributed by atoms with Crippen molar-refractivity contribution >= 4 is 17.7 Å². The Morgan fingerprint density at radius 3 is 2.04 bits per heavy atom. The molecule has 0 saturated heterocycles. The largest absolute Gasteiger partial charge is 0.473 e. The Balaban J connectivity index is 0.000000380. The molecule has 2 unspecified atom stereocenters. The van der Waals surface area contributed by atoms with Gasteiger partial charge in [0.15, 0.2) is 0 Å². The van der Waals surface area contributed by atoms with Gasteiger partial charge < -0.3 is 20.8 Å². The maximum Gasteiger partial charge on any atom is 0.414 e. The lowest BCUT2D eigenvalue weighted by molar-refractivity contribution is -0.159. The van der Waals surface area contributed by atoms with Crippen LogP contribution in [0, 0.1) is 0 Å². The minimum atomic E-state index is -1.82. The van der Waals surface area contributed by atoms with Crippen LogP contribution in [0.15, 0.2) is 65.8 Å². The lowest BCUT2D eigenvalue weighted by Crippen LogP contribution is -2.36. The summed E-state index contributed by atoms with van der Waals surface area (Å²) in [5.74, 6) is -3.65. The van der Waals surface area contributed by atoms with Crippen molar-refractivity contribution in [2.45, 2.75) is 31.4 Å². The second-order valence-corrected chi connectivity index (χ2v) is 6.13. The van der Waals surface area contributed by atoms with E-state index in [0.29, 0.717) is 0 Å². The number of carboxylic acids is 2. The molecule has 1 aliphatic rings. The van der Waals surface area contributed by atoms with Gasteiger partial charge in [0.1, 0.15) is 6.10 Å². The van der Waals surface area contributed by atoms with Crippen LogP contribution in [0.4, 0.5) is 0 Å². The van der Waals surface area contributed by atoms with Gasteiger partial charge >= 0.3 is 11.9 Å². The fraction of sp³-hybridized carbons (Fsp3) is 0.250. The molecule has 1 aliphatic heterocycles. The van der Waals surface area contributed by atoms with Gasteiger partial charge in [-0.2, -0.15) is 0 Å². The number of oxime groups is 1. The lowest BCUT2D eigenvalue weighted by Gasteiger charge is -2.17. The molecule has 7 heteroatoms. The summed E-state index contributed by atoms with van der Waals surface area (Å²) in [5, 5.41) is 19.0. The van der Waals surface area contributed by atoms with Crippen LogP contribution in [0.5, 0.6) is 0 Å². The van der Waals surface area contributed by atoms with Crippen LogP contribution in [0.3, 0.4) is 0 Å². The summed E-state index contributed by atoms with van der Waals surface area (Å²) in [6.07, 6.45) is 2.47. The number of rotatable bonds is 5. The molecule has 142 valence electrons. The highest BCUT2D eigenvalue weighted by Gasteiger charge is 2.27. The van der Waals surface area contributed by atoms with Gasteiger partial charge in [-0.25, -0.2) is 9.59 Å². The fourth-order valence-corrected chi connectivity index (χ4v) is 2.63. The number of nitrogens with two attached hydrogens (primary N) is 1. The maximum atomic E-state index is 9.10. The van der Waals surface area contributed by atoms with Crippen LogP contribution in [0.2, 0.25) is 0 Å². The first-order valence-electron chi connectivity index (χ1n) is 8.47. The molecule has 27 heavy (non-hydrogen) atoms. The van der Waals surface area contributed by atoms with E-state index in [9.17, 15) is 0 Å². The highest BCUT2D eigenvalue weighted by Crippen LogP contribution is 2.18. The first-order chi connectivity index (χ1) is 13.0. The van der Waals surface area contributed by atoms with Gasteiger partial charge in [-0.1, -0.05) is 65.8 Å². The molecule has 2 aromatic rings. The van der Waals surface area contributed by atoms with Crippen LogP contribution >= 0.6 is 0 Å². The molecule has 1 heterocycles. The summed E-state index contributed by atoms with van der Waals surface area (Å²) in [6, 6.07) is 20.6. The summed E-state index contributed by atoms with van der Waals surface area (Å²) >= 11 is 0. The number of benzene rings is 2. The molecule has 2 aromatic carbocycles. The topological polar surface area (TPSA) is 122 Å². The Morgan fingerprint density at radius 2 is 1.52 bits per heavy atom. The van der Waals surface area contributed by atoms with Gasteiger partial charge in [0.25, 0.3) is 0 Å². The van der Waals surface area contributed by atoms with Crippen molar-refractivity contribution in [3.05, 3.63) is 71.8 Å². The van der Waals surface area contributed by atoms with E-state index in [4.69, 9.17) is 30.4 Å². The summed E-state index contributed by atoms with van der Waals surface area (Å²) in [6.45, 7) is 0. The van der Waals surface area contributed by atoms with E-state index >= 15 is 0 Å². The van der Waals surface area contributed by atoms with Crippen LogP contribution in [-0.2, 0) is 27.3 Å². The minimum Gasteiger partial charge on any atom is -0.473 e. The van der Waals surface area contributed by atoms with E-state index in [0.717, 1.165) is 25.0 Å². The third-order valence-corrected chi connectivity index (χ3v) is 3.98. The van der Waals surface area contributed by atoms with Gasteiger partial charge in [0.05, 0.1) is 5.71 Å². The van der Waals surface area contributed by atoms with Gasteiger partial charge in [0.2, 0.25) is 0 Å². The Labute approximate surface area is 157 Å². The molecule has 0 amide bonds. The molecule has 0 saturated carbocycles. The van der Waals surface area contributed by atoms with Crippen molar-refractivity contribution in [1.29, 1.82) is 0 Å². The summed E-state index contributed by atoms with van der Waals surface area (Å²) in [5.41, 5.74) is 9.85. The number of aliphatic carboxylic acids is 2. The molecule has 0 bridgehead atoms. The Kier molecular flexibility index (Phi) is 7.51. The van der Waals surface area contributed by atoms with Crippen LogP contribution in [0.1, 0.15) is 17.5 Å². The Hall–Kier alpha value is -3.19. The molecule has 0 spiro atoms. The monoisotopic (exact) mass is 370 g/mol. The molecule has 7 nitrogen and oxygen atoms in total. The first-order valence-corrected chi connectivity index (χ1v) is 8.47. The average molecular weight is 370 g/mol. The molecular formula is C20H22N2O5. The molecule has 0 fully saturated rings. The van der Waals surface area contributed by atoms with Gasteiger partial charge in [-0.05, 0) is 17.5 Å². The van der Waals surface area contributed by atoms with E-state index < -0.39 is 11.9 Å². The van der Waals surface area contributed by atoms with Crippen LogP contribution in [-0.4, -0.2) is 40.0 Å². The Bertz CT molecular complexity index is 765. The highest BCUT2D eigenvalue weighted by atomic mass is 16.6. The highest BCUT2D eigenvalue weighted by molar-refractivity contribution is 6.27. The number of carboxylic acid groups (broad SMARTS) is 2. The first kappa shape index (κ1) is 20.1. The molecule has 2 atom stereocenters. The lowest BCUT2D eigenvalue weighted by atomic mass is 9.97. The predicted molar refractivity (Wildman–Crippen MR) is 100 cm³/mol. The molecular weight excluding hydrogens is 348 g/mol.